The Hall–Kier alpha value is -1.61. The Kier molecular flexibility index (Phi) is 3.94. The Labute approximate surface area is 102 Å². The summed E-state index contributed by atoms with van der Waals surface area (Å²) in [6.45, 7) is 4.84. The number of benzene rings is 1. The van der Waals surface area contributed by atoms with Crippen LogP contribution >= 0.6 is 0 Å². The number of nitrogens with zero attached hydrogens (tertiary/aromatic N) is 1. The van der Waals surface area contributed by atoms with E-state index in [1.807, 2.05) is 19.1 Å². The van der Waals surface area contributed by atoms with Gasteiger partial charge in [0.05, 0.1) is 12.2 Å². The minimum atomic E-state index is 0.419. The molecule has 0 bridgehead atoms. The number of hydrogen-bond donors (Lipinski definition) is 1. The van der Waals surface area contributed by atoms with E-state index in [2.05, 4.69) is 41.7 Å². The SMILES string of the molecule is Cc1cc(CNC(C)Cc2ccccc2)on1. The van der Waals surface area contributed by atoms with Gasteiger partial charge in [-0.2, -0.15) is 0 Å². The van der Waals surface area contributed by atoms with Crippen LogP contribution in [0.2, 0.25) is 0 Å². The van der Waals surface area contributed by atoms with E-state index in [9.17, 15) is 0 Å². The van der Waals surface area contributed by atoms with Crippen molar-refractivity contribution in [2.45, 2.75) is 32.9 Å². The minimum Gasteiger partial charge on any atom is -0.360 e. The first kappa shape index (κ1) is 11.9. The molecule has 1 N–H and O–H groups in total. The van der Waals surface area contributed by atoms with Gasteiger partial charge in [0.1, 0.15) is 0 Å². The van der Waals surface area contributed by atoms with Gasteiger partial charge in [-0.15, -0.1) is 0 Å². The molecule has 1 heterocycles. The van der Waals surface area contributed by atoms with Gasteiger partial charge < -0.3 is 9.84 Å². The zero-order valence-electron chi connectivity index (χ0n) is 10.3. The number of aryl methyl sites for hydroxylation is 1. The second-order valence-corrected chi connectivity index (χ2v) is 4.41. The molecule has 2 aromatic rings. The Bertz CT molecular complexity index is 450. The van der Waals surface area contributed by atoms with Gasteiger partial charge in [0, 0.05) is 12.1 Å². The zero-order valence-corrected chi connectivity index (χ0v) is 10.3. The van der Waals surface area contributed by atoms with Crippen LogP contribution in [0.4, 0.5) is 0 Å². The van der Waals surface area contributed by atoms with Crippen LogP contribution in [0, 0.1) is 6.92 Å². The Morgan fingerprint density at radius 1 is 1.29 bits per heavy atom. The molecule has 90 valence electrons. The predicted molar refractivity (Wildman–Crippen MR) is 67.7 cm³/mol. The van der Waals surface area contributed by atoms with Gasteiger partial charge in [0.15, 0.2) is 5.76 Å². The van der Waals surface area contributed by atoms with Gasteiger partial charge in [-0.3, -0.25) is 0 Å². The van der Waals surface area contributed by atoms with Crippen LogP contribution in [0.3, 0.4) is 0 Å². The highest BCUT2D eigenvalue weighted by molar-refractivity contribution is 5.15. The average Bonchev–Trinajstić information content (AvgIpc) is 2.74. The van der Waals surface area contributed by atoms with Crippen molar-refractivity contribution >= 4 is 0 Å². The molecular weight excluding hydrogens is 212 g/mol. The van der Waals surface area contributed by atoms with E-state index in [1.54, 1.807) is 0 Å². The van der Waals surface area contributed by atoms with Crippen LogP contribution in [0.5, 0.6) is 0 Å². The fraction of sp³-hybridized carbons (Fsp3) is 0.357. The lowest BCUT2D eigenvalue weighted by molar-refractivity contribution is 0.362. The highest BCUT2D eigenvalue weighted by Crippen LogP contribution is 2.05. The molecule has 0 saturated carbocycles. The van der Waals surface area contributed by atoms with Crippen LogP contribution in [0.1, 0.15) is 23.9 Å². The molecule has 17 heavy (non-hydrogen) atoms. The van der Waals surface area contributed by atoms with Gasteiger partial charge in [0.2, 0.25) is 0 Å². The molecule has 1 aromatic heterocycles. The van der Waals surface area contributed by atoms with Crippen molar-refractivity contribution in [1.82, 2.24) is 10.5 Å². The quantitative estimate of drug-likeness (QED) is 0.858. The molecule has 0 fully saturated rings. The van der Waals surface area contributed by atoms with Crippen molar-refractivity contribution in [3.05, 3.63) is 53.4 Å². The molecule has 1 atom stereocenters. The first-order chi connectivity index (χ1) is 8.24. The first-order valence-electron chi connectivity index (χ1n) is 5.93. The van der Waals surface area contributed by atoms with Crippen molar-refractivity contribution in [1.29, 1.82) is 0 Å². The van der Waals surface area contributed by atoms with Crippen molar-refractivity contribution in [2.24, 2.45) is 0 Å². The Balaban J connectivity index is 1.80. The van der Waals surface area contributed by atoms with E-state index in [0.29, 0.717) is 6.04 Å². The zero-order chi connectivity index (χ0) is 12.1. The van der Waals surface area contributed by atoms with E-state index < -0.39 is 0 Å². The van der Waals surface area contributed by atoms with E-state index in [4.69, 9.17) is 4.52 Å². The maximum absolute atomic E-state index is 5.15. The van der Waals surface area contributed by atoms with Gasteiger partial charge in [0.25, 0.3) is 0 Å². The largest absolute Gasteiger partial charge is 0.360 e. The molecule has 3 nitrogen and oxygen atoms in total. The van der Waals surface area contributed by atoms with Crippen LogP contribution in [-0.4, -0.2) is 11.2 Å². The van der Waals surface area contributed by atoms with E-state index in [1.165, 1.54) is 5.56 Å². The second-order valence-electron chi connectivity index (χ2n) is 4.41. The highest BCUT2D eigenvalue weighted by Gasteiger charge is 2.05. The molecule has 0 aliphatic carbocycles. The Morgan fingerprint density at radius 3 is 2.71 bits per heavy atom. The monoisotopic (exact) mass is 230 g/mol. The van der Waals surface area contributed by atoms with Crippen LogP contribution in [0.25, 0.3) is 0 Å². The summed E-state index contributed by atoms with van der Waals surface area (Å²) in [4.78, 5) is 0. The fourth-order valence-corrected chi connectivity index (χ4v) is 1.81. The minimum absolute atomic E-state index is 0.419. The molecule has 2 rings (SSSR count). The van der Waals surface area contributed by atoms with Gasteiger partial charge in [-0.1, -0.05) is 35.5 Å². The number of rotatable bonds is 5. The second kappa shape index (κ2) is 5.64. The summed E-state index contributed by atoms with van der Waals surface area (Å²) in [6.07, 6.45) is 1.02. The van der Waals surface area contributed by atoms with E-state index in [0.717, 1.165) is 24.4 Å². The van der Waals surface area contributed by atoms with Gasteiger partial charge in [-0.05, 0) is 25.8 Å². The van der Waals surface area contributed by atoms with Crippen LogP contribution in [-0.2, 0) is 13.0 Å². The highest BCUT2D eigenvalue weighted by atomic mass is 16.5. The third kappa shape index (κ3) is 3.71. The van der Waals surface area contributed by atoms with Crippen molar-refractivity contribution in [3.8, 4) is 0 Å². The maximum atomic E-state index is 5.15. The smallest absolute Gasteiger partial charge is 0.150 e. The van der Waals surface area contributed by atoms with Crippen LogP contribution in [0.15, 0.2) is 40.9 Å². The molecule has 0 aliphatic rings. The third-order valence-corrected chi connectivity index (χ3v) is 2.69. The van der Waals surface area contributed by atoms with E-state index in [-0.39, 0.29) is 0 Å². The number of hydrogen-bond acceptors (Lipinski definition) is 3. The lowest BCUT2D eigenvalue weighted by Crippen LogP contribution is -2.27. The molecule has 0 saturated heterocycles. The summed E-state index contributed by atoms with van der Waals surface area (Å²) < 4.78 is 5.15. The normalized spacial score (nSPS) is 12.6. The fourth-order valence-electron chi connectivity index (χ4n) is 1.81. The lowest BCUT2D eigenvalue weighted by Gasteiger charge is -2.12. The lowest BCUT2D eigenvalue weighted by atomic mass is 10.1. The molecular formula is C14H18N2O. The number of nitrogens with one attached hydrogen (secondary N) is 1. The average molecular weight is 230 g/mol. The van der Waals surface area contributed by atoms with Crippen molar-refractivity contribution in [2.75, 3.05) is 0 Å². The molecule has 0 aliphatic heterocycles. The molecule has 3 heteroatoms. The summed E-state index contributed by atoms with van der Waals surface area (Å²) in [5, 5.41) is 7.29. The molecule has 0 amide bonds. The summed E-state index contributed by atoms with van der Waals surface area (Å²) in [7, 11) is 0. The number of aromatic nitrogens is 1. The summed E-state index contributed by atoms with van der Waals surface area (Å²) in [6, 6.07) is 12.9. The van der Waals surface area contributed by atoms with E-state index >= 15 is 0 Å². The van der Waals surface area contributed by atoms with Gasteiger partial charge >= 0.3 is 0 Å². The summed E-state index contributed by atoms with van der Waals surface area (Å²) >= 11 is 0. The molecule has 0 radical (unpaired) electrons. The first-order valence-corrected chi connectivity index (χ1v) is 5.93. The van der Waals surface area contributed by atoms with Crippen molar-refractivity contribution in [3.63, 3.8) is 0 Å². The van der Waals surface area contributed by atoms with Crippen molar-refractivity contribution < 1.29 is 4.52 Å². The molecule has 1 unspecified atom stereocenters. The molecule has 0 spiro atoms. The predicted octanol–water partition coefficient (Wildman–Crippen LogP) is 2.70. The Morgan fingerprint density at radius 2 is 2.06 bits per heavy atom. The maximum Gasteiger partial charge on any atom is 0.150 e. The summed E-state index contributed by atoms with van der Waals surface area (Å²) in [5.41, 5.74) is 2.28. The third-order valence-electron chi connectivity index (χ3n) is 2.69. The topological polar surface area (TPSA) is 38.1 Å². The van der Waals surface area contributed by atoms with Crippen LogP contribution < -0.4 is 5.32 Å². The van der Waals surface area contributed by atoms with Gasteiger partial charge in [-0.25, -0.2) is 0 Å². The standard InChI is InChI=1S/C14H18N2O/c1-11(8-13-6-4-3-5-7-13)15-10-14-9-12(2)16-17-14/h3-7,9,11,15H,8,10H2,1-2H3. The summed E-state index contributed by atoms with van der Waals surface area (Å²) in [5.74, 6) is 0.891. The molecule has 1 aromatic carbocycles.